The zero-order valence-electron chi connectivity index (χ0n) is 16.7. The highest BCUT2D eigenvalue weighted by atomic mass is 16.5. The maximum atomic E-state index is 12.5. The molecule has 2 aromatic rings. The molecule has 1 saturated heterocycles. The Morgan fingerprint density at radius 2 is 2.03 bits per heavy atom. The summed E-state index contributed by atoms with van der Waals surface area (Å²) >= 11 is 0. The second kappa shape index (κ2) is 7.81. The van der Waals surface area contributed by atoms with E-state index in [4.69, 9.17) is 4.74 Å². The summed E-state index contributed by atoms with van der Waals surface area (Å²) in [5.74, 6) is -1.55. The number of esters is 1. The molecule has 1 aromatic carbocycles. The first-order valence-electron chi connectivity index (χ1n) is 10.00. The van der Waals surface area contributed by atoms with Crippen LogP contribution in [-0.4, -0.2) is 58.9 Å². The molecule has 1 aliphatic carbocycles. The lowest BCUT2D eigenvalue weighted by molar-refractivity contribution is -0.151. The summed E-state index contributed by atoms with van der Waals surface area (Å²) in [6.45, 7) is 1.11. The van der Waals surface area contributed by atoms with Crippen LogP contribution < -0.4 is 10.6 Å². The van der Waals surface area contributed by atoms with Gasteiger partial charge in [0.2, 0.25) is 0 Å². The highest BCUT2D eigenvalue weighted by Crippen LogP contribution is 2.42. The summed E-state index contributed by atoms with van der Waals surface area (Å²) in [5.41, 5.74) is 1.17. The van der Waals surface area contributed by atoms with Gasteiger partial charge >= 0.3 is 12.0 Å². The fraction of sp³-hybridized carbons (Fsp3) is 0.429. The Bertz CT molecular complexity index is 1010. The SMILES string of the molecule is C[C@@]1(C2CC2)NC(=O)N(CC(=O)OCC(=O)NCCc2c[nH]c3ccccc23)C1=O. The average Bonchev–Trinajstić information content (AvgIpc) is 3.48. The number of carbonyl (C=O) groups is 4. The molecule has 3 N–H and O–H groups in total. The largest absolute Gasteiger partial charge is 0.454 e. The first kappa shape index (κ1) is 19.9. The highest BCUT2D eigenvalue weighted by Gasteiger charge is 2.56. The lowest BCUT2D eigenvalue weighted by Crippen LogP contribution is -2.46. The number of amides is 4. The van der Waals surface area contributed by atoms with Crippen molar-refractivity contribution in [3.63, 3.8) is 0 Å². The smallest absolute Gasteiger partial charge is 0.326 e. The van der Waals surface area contributed by atoms with Gasteiger partial charge in [-0.1, -0.05) is 18.2 Å². The number of hydrogen-bond donors (Lipinski definition) is 3. The van der Waals surface area contributed by atoms with Crippen molar-refractivity contribution in [3.8, 4) is 0 Å². The van der Waals surface area contributed by atoms with E-state index in [9.17, 15) is 19.2 Å². The topological polar surface area (TPSA) is 121 Å². The van der Waals surface area contributed by atoms with Crippen LogP contribution in [0.2, 0.25) is 0 Å². The van der Waals surface area contributed by atoms with Gasteiger partial charge in [-0.05, 0) is 43.7 Å². The molecule has 1 aliphatic heterocycles. The number of H-pyrrole nitrogens is 1. The molecule has 2 aliphatic rings. The number of benzene rings is 1. The van der Waals surface area contributed by atoms with Crippen LogP contribution in [0.5, 0.6) is 0 Å². The number of aromatic nitrogens is 1. The van der Waals surface area contributed by atoms with Crippen LogP contribution in [-0.2, 0) is 25.5 Å². The molecule has 0 unspecified atom stereocenters. The van der Waals surface area contributed by atoms with Gasteiger partial charge in [-0.2, -0.15) is 0 Å². The van der Waals surface area contributed by atoms with Crippen molar-refractivity contribution in [2.45, 2.75) is 31.7 Å². The van der Waals surface area contributed by atoms with Gasteiger partial charge in [0.1, 0.15) is 12.1 Å². The van der Waals surface area contributed by atoms with Crippen molar-refractivity contribution in [3.05, 3.63) is 36.0 Å². The second-order valence-corrected chi connectivity index (χ2v) is 7.92. The molecule has 0 spiro atoms. The summed E-state index contributed by atoms with van der Waals surface area (Å²) in [6.07, 6.45) is 4.29. The molecule has 9 nitrogen and oxygen atoms in total. The average molecular weight is 412 g/mol. The highest BCUT2D eigenvalue weighted by molar-refractivity contribution is 6.08. The van der Waals surface area contributed by atoms with Gasteiger partial charge in [-0.3, -0.25) is 19.3 Å². The van der Waals surface area contributed by atoms with Gasteiger partial charge in [0.15, 0.2) is 6.61 Å². The van der Waals surface area contributed by atoms with E-state index in [1.54, 1.807) is 6.92 Å². The molecule has 158 valence electrons. The van der Waals surface area contributed by atoms with Crippen LogP contribution in [0, 0.1) is 5.92 Å². The van der Waals surface area contributed by atoms with Crippen LogP contribution in [0.4, 0.5) is 4.79 Å². The Balaban J connectivity index is 1.20. The van der Waals surface area contributed by atoms with Gasteiger partial charge in [0.05, 0.1) is 0 Å². The molecule has 4 amide bonds. The molecule has 1 aromatic heterocycles. The fourth-order valence-corrected chi connectivity index (χ4v) is 3.84. The minimum Gasteiger partial charge on any atom is -0.454 e. The normalized spacial score (nSPS) is 21.0. The Morgan fingerprint density at radius 3 is 2.80 bits per heavy atom. The number of urea groups is 1. The van der Waals surface area contributed by atoms with Crippen molar-refractivity contribution in [2.24, 2.45) is 5.92 Å². The molecule has 9 heteroatoms. The molecule has 4 rings (SSSR count). The number of nitrogens with one attached hydrogen (secondary N) is 3. The van der Waals surface area contributed by atoms with E-state index in [0.29, 0.717) is 13.0 Å². The van der Waals surface area contributed by atoms with Gasteiger partial charge < -0.3 is 20.4 Å². The minimum atomic E-state index is -0.947. The molecule has 1 saturated carbocycles. The number of para-hydroxylation sites is 1. The summed E-state index contributed by atoms with van der Waals surface area (Å²) in [4.78, 5) is 52.6. The van der Waals surface area contributed by atoms with Crippen molar-refractivity contribution in [1.29, 1.82) is 0 Å². The number of ether oxygens (including phenoxy) is 1. The van der Waals surface area contributed by atoms with Crippen molar-refractivity contribution < 1.29 is 23.9 Å². The van der Waals surface area contributed by atoms with Gasteiger partial charge in [0.25, 0.3) is 11.8 Å². The molecule has 0 bridgehead atoms. The number of rotatable bonds is 8. The number of aromatic amines is 1. The summed E-state index contributed by atoms with van der Waals surface area (Å²) in [5, 5.41) is 6.46. The number of fused-ring (bicyclic) bond motifs is 1. The van der Waals surface area contributed by atoms with Crippen LogP contribution in [0.15, 0.2) is 30.5 Å². The maximum Gasteiger partial charge on any atom is 0.326 e. The Morgan fingerprint density at radius 1 is 1.27 bits per heavy atom. The molecule has 0 radical (unpaired) electrons. The van der Waals surface area contributed by atoms with E-state index in [-0.39, 0.29) is 5.92 Å². The quantitative estimate of drug-likeness (QED) is 0.443. The monoisotopic (exact) mass is 412 g/mol. The molecular formula is C21H24N4O5. The third-order valence-corrected chi connectivity index (χ3v) is 5.74. The van der Waals surface area contributed by atoms with E-state index < -0.39 is 42.5 Å². The number of carbonyl (C=O) groups excluding carboxylic acids is 4. The van der Waals surface area contributed by atoms with Crippen molar-refractivity contribution >= 4 is 34.7 Å². The predicted molar refractivity (Wildman–Crippen MR) is 107 cm³/mol. The molecule has 30 heavy (non-hydrogen) atoms. The van der Waals surface area contributed by atoms with Crippen molar-refractivity contribution in [1.82, 2.24) is 20.5 Å². The Labute approximate surface area is 173 Å². The van der Waals surface area contributed by atoms with Crippen molar-refractivity contribution in [2.75, 3.05) is 19.7 Å². The number of imide groups is 1. The molecule has 2 heterocycles. The Hall–Kier alpha value is -3.36. The minimum absolute atomic E-state index is 0.109. The van der Waals surface area contributed by atoms with E-state index in [1.807, 2.05) is 30.5 Å². The van der Waals surface area contributed by atoms with Crippen LogP contribution in [0.1, 0.15) is 25.3 Å². The molecule has 1 atom stereocenters. The Kier molecular flexibility index (Phi) is 5.19. The van der Waals surface area contributed by atoms with Gasteiger partial charge in [-0.15, -0.1) is 0 Å². The lowest BCUT2D eigenvalue weighted by Gasteiger charge is -2.20. The third kappa shape index (κ3) is 3.87. The predicted octanol–water partition coefficient (Wildman–Crippen LogP) is 1.09. The first-order chi connectivity index (χ1) is 14.4. The van der Waals surface area contributed by atoms with Gasteiger partial charge in [0, 0.05) is 23.6 Å². The summed E-state index contributed by atoms with van der Waals surface area (Å²) < 4.78 is 4.93. The zero-order chi connectivity index (χ0) is 21.3. The second-order valence-electron chi connectivity index (χ2n) is 7.92. The third-order valence-electron chi connectivity index (χ3n) is 5.74. The van der Waals surface area contributed by atoms with Crippen LogP contribution >= 0.6 is 0 Å². The number of hydrogen-bond acceptors (Lipinski definition) is 5. The van der Waals surface area contributed by atoms with E-state index in [2.05, 4.69) is 15.6 Å². The van der Waals surface area contributed by atoms with E-state index in [1.165, 1.54) is 0 Å². The number of nitrogens with zero attached hydrogens (tertiary/aromatic N) is 1. The standard InChI is InChI=1S/C21H24N4O5/c1-21(14-6-7-14)19(28)25(20(29)24-21)11-18(27)30-12-17(26)22-9-8-13-10-23-16-5-3-2-4-15(13)16/h2-5,10,14,23H,6-9,11-12H2,1H3,(H,22,26)(H,24,29)/t21-/m0/s1. The van der Waals surface area contributed by atoms with Gasteiger partial charge in [-0.25, -0.2) is 4.79 Å². The first-order valence-corrected chi connectivity index (χ1v) is 10.00. The fourth-order valence-electron chi connectivity index (χ4n) is 3.84. The van der Waals surface area contributed by atoms with Crippen LogP contribution in [0.3, 0.4) is 0 Å². The lowest BCUT2D eigenvalue weighted by atomic mass is 9.96. The summed E-state index contributed by atoms with van der Waals surface area (Å²) in [7, 11) is 0. The van der Waals surface area contributed by atoms with Crippen LogP contribution in [0.25, 0.3) is 10.9 Å². The molecular weight excluding hydrogens is 388 g/mol. The summed E-state index contributed by atoms with van der Waals surface area (Å²) in [6, 6.07) is 7.29. The maximum absolute atomic E-state index is 12.5. The van der Waals surface area contributed by atoms with E-state index in [0.717, 1.165) is 34.2 Å². The van der Waals surface area contributed by atoms with E-state index >= 15 is 0 Å². The molecule has 2 fully saturated rings. The zero-order valence-corrected chi connectivity index (χ0v) is 16.7.